The molecule has 1 N–H and O–H groups in total. The molecule has 0 amide bonds. The summed E-state index contributed by atoms with van der Waals surface area (Å²) in [6.07, 6.45) is 1.35. The zero-order valence-corrected chi connectivity index (χ0v) is 13.1. The lowest BCUT2D eigenvalue weighted by atomic mass is 10.2. The molecular formula is C14H11Br2NO2. The zero-order chi connectivity index (χ0) is 13.7. The molecule has 0 aliphatic rings. The Morgan fingerprint density at radius 1 is 1.11 bits per heavy atom. The van der Waals surface area contributed by atoms with E-state index in [1.54, 1.807) is 0 Å². The fourth-order valence-corrected chi connectivity index (χ4v) is 2.43. The first-order chi connectivity index (χ1) is 9.19. The molecule has 0 heterocycles. The Kier molecular flexibility index (Phi) is 4.99. The lowest BCUT2D eigenvalue weighted by Gasteiger charge is -2.09. The van der Waals surface area contributed by atoms with Gasteiger partial charge in [-0.3, -0.25) is 0 Å². The monoisotopic (exact) mass is 383 g/mol. The van der Waals surface area contributed by atoms with Crippen molar-refractivity contribution in [3.8, 4) is 5.75 Å². The van der Waals surface area contributed by atoms with Crippen LogP contribution in [-0.4, -0.2) is 11.4 Å². The minimum Gasteiger partial charge on any atom is -0.488 e. The van der Waals surface area contributed by atoms with Gasteiger partial charge in [0, 0.05) is 14.5 Å². The Morgan fingerprint density at radius 2 is 1.89 bits per heavy atom. The van der Waals surface area contributed by atoms with E-state index in [2.05, 4.69) is 37.0 Å². The summed E-state index contributed by atoms with van der Waals surface area (Å²) in [5, 5.41) is 11.7. The van der Waals surface area contributed by atoms with Crippen LogP contribution in [0.25, 0.3) is 0 Å². The van der Waals surface area contributed by atoms with Crippen molar-refractivity contribution < 1.29 is 9.94 Å². The molecule has 0 aliphatic heterocycles. The lowest BCUT2D eigenvalue weighted by Crippen LogP contribution is -1.98. The van der Waals surface area contributed by atoms with Crippen LogP contribution in [0, 0.1) is 0 Å². The normalized spacial score (nSPS) is 10.8. The smallest absolute Gasteiger partial charge is 0.128 e. The molecule has 0 unspecified atom stereocenters. The molecule has 0 bridgehead atoms. The summed E-state index contributed by atoms with van der Waals surface area (Å²) in [6, 6.07) is 13.5. The van der Waals surface area contributed by atoms with E-state index in [-0.39, 0.29) is 0 Å². The summed E-state index contributed by atoms with van der Waals surface area (Å²) in [4.78, 5) is 0. The number of hydrogen-bond acceptors (Lipinski definition) is 3. The van der Waals surface area contributed by atoms with E-state index in [1.165, 1.54) is 6.21 Å². The Morgan fingerprint density at radius 3 is 2.63 bits per heavy atom. The molecule has 0 radical (unpaired) electrons. The number of hydrogen-bond donors (Lipinski definition) is 1. The molecule has 0 fully saturated rings. The summed E-state index contributed by atoms with van der Waals surface area (Å²) >= 11 is 6.79. The van der Waals surface area contributed by atoms with Gasteiger partial charge in [0.1, 0.15) is 12.4 Å². The fraction of sp³-hybridized carbons (Fsp3) is 0.0714. The first-order valence-corrected chi connectivity index (χ1v) is 7.12. The number of ether oxygens (including phenoxy) is 1. The van der Waals surface area contributed by atoms with Crippen LogP contribution in [0.4, 0.5) is 0 Å². The molecule has 0 atom stereocenters. The minimum absolute atomic E-state index is 0.452. The van der Waals surface area contributed by atoms with Gasteiger partial charge in [-0.25, -0.2) is 0 Å². The van der Waals surface area contributed by atoms with Crippen molar-refractivity contribution >= 4 is 38.1 Å². The van der Waals surface area contributed by atoms with E-state index in [0.29, 0.717) is 17.9 Å². The van der Waals surface area contributed by atoms with Gasteiger partial charge in [0.05, 0.1) is 6.21 Å². The quantitative estimate of drug-likeness (QED) is 0.475. The molecule has 5 heteroatoms. The molecule has 0 spiro atoms. The third kappa shape index (κ3) is 4.08. The topological polar surface area (TPSA) is 41.8 Å². The van der Waals surface area contributed by atoms with E-state index in [1.807, 2.05) is 42.5 Å². The number of rotatable bonds is 4. The maximum Gasteiger partial charge on any atom is 0.128 e. The largest absolute Gasteiger partial charge is 0.488 e. The molecule has 19 heavy (non-hydrogen) atoms. The second-order valence-electron chi connectivity index (χ2n) is 3.85. The highest BCUT2D eigenvalue weighted by molar-refractivity contribution is 9.10. The summed E-state index contributed by atoms with van der Waals surface area (Å²) in [6.45, 7) is 0.452. The minimum atomic E-state index is 0.452. The molecule has 2 rings (SSSR count). The van der Waals surface area contributed by atoms with Crippen molar-refractivity contribution in [2.75, 3.05) is 0 Å². The van der Waals surface area contributed by atoms with Crippen molar-refractivity contribution in [2.45, 2.75) is 6.61 Å². The molecule has 0 saturated carbocycles. The number of nitrogens with zero attached hydrogens (tertiary/aromatic N) is 1. The van der Waals surface area contributed by atoms with Gasteiger partial charge in [-0.15, -0.1) is 0 Å². The van der Waals surface area contributed by atoms with E-state index in [9.17, 15) is 0 Å². The standard InChI is InChI=1S/C14H11Br2NO2/c15-12-3-1-2-10(6-12)9-19-14-5-4-13(16)7-11(14)8-17-18/h1-8,18H,9H2/b17-8-. The van der Waals surface area contributed by atoms with Gasteiger partial charge >= 0.3 is 0 Å². The van der Waals surface area contributed by atoms with Crippen LogP contribution in [0.15, 0.2) is 56.6 Å². The lowest BCUT2D eigenvalue weighted by molar-refractivity contribution is 0.304. The third-order valence-electron chi connectivity index (χ3n) is 2.45. The predicted molar refractivity (Wildman–Crippen MR) is 82.0 cm³/mol. The van der Waals surface area contributed by atoms with Gasteiger partial charge in [-0.1, -0.05) is 49.1 Å². The van der Waals surface area contributed by atoms with E-state index in [0.717, 1.165) is 14.5 Å². The number of benzene rings is 2. The number of halogens is 2. The summed E-state index contributed by atoms with van der Waals surface area (Å²) in [5.41, 5.74) is 1.77. The van der Waals surface area contributed by atoms with E-state index >= 15 is 0 Å². The fourth-order valence-electron chi connectivity index (χ4n) is 1.60. The van der Waals surface area contributed by atoms with Crippen LogP contribution >= 0.6 is 31.9 Å². The summed E-state index contributed by atoms with van der Waals surface area (Å²) < 4.78 is 7.66. The highest BCUT2D eigenvalue weighted by Crippen LogP contribution is 2.23. The van der Waals surface area contributed by atoms with Crippen LogP contribution in [0.2, 0.25) is 0 Å². The van der Waals surface area contributed by atoms with Crippen molar-refractivity contribution in [1.82, 2.24) is 0 Å². The average molecular weight is 385 g/mol. The Labute approximate surface area is 128 Å². The SMILES string of the molecule is O/N=C\c1cc(Br)ccc1OCc1cccc(Br)c1. The molecule has 98 valence electrons. The molecule has 0 aliphatic carbocycles. The Hall–Kier alpha value is -1.33. The Bertz CT molecular complexity index is 600. The zero-order valence-electron chi connectivity index (χ0n) is 9.88. The van der Waals surface area contributed by atoms with Gasteiger partial charge in [-0.2, -0.15) is 0 Å². The summed E-state index contributed by atoms with van der Waals surface area (Å²) in [7, 11) is 0. The average Bonchev–Trinajstić information content (AvgIpc) is 2.38. The first-order valence-electron chi connectivity index (χ1n) is 5.53. The van der Waals surface area contributed by atoms with Crippen LogP contribution in [0.1, 0.15) is 11.1 Å². The molecular weight excluding hydrogens is 374 g/mol. The summed E-state index contributed by atoms with van der Waals surface area (Å²) in [5.74, 6) is 0.668. The van der Waals surface area contributed by atoms with Crippen molar-refractivity contribution in [2.24, 2.45) is 5.16 Å². The Balaban J connectivity index is 2.15. The molecule has 2 aromatic carbocycles. The van der Waals surface area contributed by atoms with E-state index in [4.69, 9.17) is 9.94 Å². The van der Waals surface area contributed by atoms with Gasteiger partial charge in [0.15, 0.2) is 0 Å². The van der Waals surface area contributed by atoms with Crippen LogP contribution in [0.5, 0.6) is 5.75 Å². The maximum absolute atomic E-state index is 8.65. The van der Waals surface area contributed by atoms with Crippen molar-refractivity contribution in [3.05, 3.63) is 62.5 Å². The van der Waals surface area contributed by atoms with Gasteiger partial charge in [0.25, 0.3) is 0 Å². The third-order valence-corrected chi connectivity index (χ3v) is 3.44. The number of oxime groups is 1. The highest BCUT2D eigenvalue weighted by Gasteiger charge is 2.04. The maximum atomic E-state index is 8.65. The first kappa shape index (κ1) is 14.1. The predicted octanol–water partition coefficient (Wildman–Crippen LogP) is 4.60. The second-order valence-corrected chi connectivity index (χ2v) is 5.68. The van der Waals surface area contributed by atoms with Gasteiger partial charge in [0.2, 0.25) is 0 Å². The molecule has 0 aromatic heterocycles. The van der Waals surface area contributed by atoms with E-state index < -0.39 is 0 Å². The van der Waals surface area contributed by atoms with Crippen LogP contribution in [-0.2, 0) is 6.61 Å². The van der Waals surface area contributed by atoms with Crippen LogP contribution < -0.4 is 4.74 Å². The highest BCUT2D eigenvalue weighted by atomic mass is 79.9. The molecule has 0 saturated heterocycles. The second kappa shape index (κ2) is 6.73. The molecule has 2 aromatic rings. The van der Waals surface area contributed by atoms with Gasteiger partial charge in [-0.05, 0) is 35.9 Å². The molecule has 3 nitrogen and oxygen atoms in total. The van der Waals surface area contributed by atoms with Gasteiger partial charge < -0.3 is 9.94 Å². The van der Waals surface area contributed by atoms with Crippen LogP contribution in [0.3, 0.4) is 0 Å². The van der Waals surface area contributed by atoms with Crippen molar-refractivity contribution in [3.63, 3.8) is 0 Å². The van der Waals surface area contributed by atoms with Crippen molar-refractivity contribution in [1.29, 1.82) is 0 Å².